The van der Waals surface area contributed by atoms with E-state index in [1.807, 2.05) is 60.0 Å². The molecular formula is C29H34N4O2S. The molecule has 36 heavy (non-hydrogen) atoms. The molecule has 1 fully saturated rings. The summed E-state index contributed by atoms with van der Waals surface area (Å²) in [5.74, 6) is -0.120. The molecule has 0 bridgehead atoms. The summed E-state index contributed by atoms with van der Waals surface area (Å²) in [5.41, 5.74) is 7.75. The smallest absolute Gasteiger partial charge is 0.256 e. The Balaban J connectivity index is 1.45. The Hall–Kier alpha value is -2.97. The maximum atomic E-state index is 12.9. The molecule has 1 amide bonds. The van der Waals surface area contributed by atoms with Crippen LogP contribution < -0.4 is 10.6 Å². The van der Waals surface area contributed by atoms with Gasteiger partial charge >= 0.3 is 0 Å². The molecule has 3 atom stereocenters. The normalized spacial score (nSPS) is 22.1. The lowest BCUT2D eigenvalue weighted by Gasteiger charge is -2.36. The van der Waals surface area contributed by atoms with Crippen molar-refractivity contribution >= 4 is 39.4 Å². The van der Waals surface area contributed by atoms with Crippen molar-refractivity contribution in [3.8, 4) is 0 Å². The van der Waals surface area contributed by atoms with E-state index in [9.17, 15) is 9.35 Å². The number of aryl methyl sites for hydroxylation is 1. The first-order valence-corrected chi connectivity index (χ1v) is 13.7. The van der Waals surface area contributed by atoms with Crippen LogP contribution >= 0.6 is 10.8 Å². The molecule has 0 saturated carbocycles. The van der Waals surface area contributed by atoms with E-state index < -0.39 is 10.8 Å². The zero-order valence-corrected chi connectivity index (χ0v) is 22.1. The second-order valence-corrected chi connectivity index (χ2v) is 11.3. The van der Waals surface area contributed by atoms with Gasteiger partial charge in [0.2, 0.25) is 0 Å². The second kappa shape index (κ2) is 10.2. The Bertz CT molecular complexity index is 1350. The van der Waals surface area contributed by atoms with Crippen molar-refractivity contribution in [3.05, 3.63) is 82.2 Å². The maximum Gasteiger partial charge on any atom is 0.256 e. The fourth-order valence-electron chi connectivity index (χ4n) is 5.30. The predicted octanol–water partition coefficient (Wildman–Crippen LogP) is 5.26. The maximum absolute atomic E-state index is 12.9. The Morgan fingerprint density at radius 2 is 1.81 bits per heavy atom. The molecule has 0 spiro atoms. The molecule has 1 saturated heterocycles. The fraction of sp³-hybridized carbons (Fsp3) is 0.310. The van der Waals surface area contributed by atoms with Crippen molar-refractivity contribution in [1.29, 1.82) is 0 Å². The molecule has 1 aromatic heterocycles. The number of amides is 1. The number of aromatic amines is 1. The quantitative estimate of drug-likeness (QED) is 0.284. The van der Waals surface area contributed by atoms with Crippen LogP contribution in [0, 0.1) is 13.8 Å². The van der Waals surface area contributed by atoms with E-state index in [2.05, 4.69) is 48.2 Å². The van der Waals surface area contributed by atoms with Crippen LogP contribution in [0.4, 0.5) is 5.69 Å². The van der Waals surface area contributed by atoms with Gasteiger partial charge in [0, 0.05) is 59.3 Å². The topological polar surface area (TPSA) is 80.4 Å². The average molecular weight is 503 g/mol. The number of carbonyl (C=O) groups excluding carboxylic acids is 1. The lowest BCUT2D eigenvalue weighted by Crippen LogP contribution is -2.53. The number of nitrogens with one attached hydrogen (secondary N) is 3. The van der Waals surface area contributed by atoms with Gasteiger partial charge in [-0.1, -0.05) is 30.3 Å². The number of fused-ring (bicyclic) bond motifs is 1. The molecule has 2 aliphatic rings. The number of benzene rings is 2. The highest BCUT2D eigenvalue weighted by Crippen LogP contribution is 2.37. The fourth-order valence-corrected chi connectivity index (χ4v) is 6.30. The van der Waals surface area contributed by atoms with E-state index in [0.29, 0.717) is 17.7 Å². The summed E-state index contributed by atoms with van der Waals surface area (Å²) in [5, 5.41) is 8.41. The first kappa shape index (κ1) is 24.7. The highest BCUT2D eigenvalue weighted by molar-refractivity contribution is 8.10. The molecule has 2 aliphatic heterocycles. The van der Waals surface area contributed by atoms with E-state index in [0.717, 1.165) is 52.7 Å². The molecule has 5 rings (SSSR count). The van der Waals surface area contributed by atoms with Crippen LogP contribution in [0.2, 0.25) is 0 Å². The summed E-state index contributed by atoms with van der Waals surface area (Å²) in [6, 6.07) is 16.4. The highest BCUT2D eigenvalue weighted by Gasteiger charge is 2.26. The average Bonchev–Trinajstić information content (AvgIpc) is 3.29. The zero-order chi connectivity index (χ0) is 25.4. The van der Waals surface area contributed by atoms with Crippen LogP contribution in [-0.4, -0.2) is 50.9 Å². The summed E-state index contributed by atoms with van der Waals surface area (Å²) in [4.78, 5) is 19.7. The number of nitrogens with zero attached hydrogens (tertiary/aromatic N) is 1. The van der Waals surface area contributed by atoms with Gasteiger partial charge in [-0.2, -0.15) is 0 Å². The van der Waals surface area contributed by atoms with Gasteiger partial charge < -0.3 is 20.2 Å². The van der Waals surface area contributed by atoms with E-state index in [1.54, 1.807) is 0 Å². The van der Waals surface area contributed by atoms with Crippen LogP contribution in [0.15, 0.2) is 53.4 Å². The predicted molar refractivity (Wildman–Crippen MR) is 151 cm³/mol. The van der Waals surface area contributed by atoms with Crippen LogP contribution in [0.5, 0.6) is 0 Å². The van der Waals surface area contributed by atoms with Crippen molar-refractivity contribution in [2.75, 3.05) is 18.4 Å². The van der Waals surface area contributed by atoms with Gasteiger partial charge in [0.25, 0.3) is 5.91 Å². The van der Waals surface area contributed by atoms with Gasteiger partial charge in [-0.3, -0.25) is 9.69 Å². The largest absolute Gasteiger partial charge is 0.359 e. The summed E-state index contributed by atoms with van der Waals surface area (Å²) >= 11 is 0. The number of hydrogen-bond donors (Lipinski definition) is 4. The standard InChI is InChI=1S/C29H34N4O2S/c1-18-14-33(15-19(2)30-18)16-26-20(3)28(31-21(26)4)13-25-24-12-23(10-11-27(24)32-29(25)34)36(35)17-22-8-6-5-7-9-22/h5-13,17-19,30-31,35H,14-16H2,1-4H3,(H,32,34). The van der Waals surface area contributed by atoms with Crippen LogP contribution in [0.3, 0.4) is 0 Å². The first-order chi connectivity index (χ1) is 17.3. The molecule has 4 N–H and O–H groups in total. The summed E-state index contributed by atoms with van der Waals surface area (Å²) in [6.45, 7) is 11.6. The summed E-state index contributed by atoms with van der Waals surface area (Å²) in [6.07, 6.45) is 1.95. The third-order valence-corrected chi connectivity index (χ3v) is 8.23. The van der Waals surface area contributed by atoms with E-state index in [4.69, 9.17) is 0 Å². The number of piperazine rings is 1. The lowest BCUT2D eigenvalue weighted by atomic mass is 10.0. The van der Waals surface area contributed by atoms with Gasteiger partial charge in [0.15, 0.2) is 0 Å². The number of aromatic nitrogens is 1. The first-order valence-electron chi connectivity index (χ1n) is 12.4. The minimum Gasteiger partial charge on any atom is -0.359 e. The van der Waals surface area contributed by atoms with Crippen LogP contribution in [0.1, 0.15) is 47.5 Å². The van der Waals surface area contributed by atoms with Gasteiger partial charge in [-0.15, -0.1) is 0 Å². The molecule has 3 heterocycles. The van der Waals surface area contributed by atoms with Crippen molar-refractivity contribution in [1.82, 2.24) is 15.2 Å². The van der Waals surface area contributed by atoms with Crippen molar-refractivity contribution in [3.63, 3.8) is 0 Å². The molecule has 3 aromatic rings. The lowest BCUT2D eigenvalue weighted by molar-refractivity contribution is -0.110. The number of H-pyrrole nitrogens is 1. The SMILES string of the molecule is Cc1[nH]c(C=C2C(=O)Nc3ccc(S(O)=Cc4ccccc4)cc32)c(C)c1CN1CC(C)NC(C)C1. The molecular weight excluding hydrogens is 468 g/mol. The molecule has 2 aromatic carbocycles. The van der Waals surface area contributed by atoms with Crippen molar-refractivity contribution in [2.45, 2.75) is 51.2 Å². The monoisotopic (exact) mass is 502 g/mol. The zero-order valence-electron chi connectivity index (χ0n) is 21.3. The third-order valence-electron chi connectivity index (χ3n) is 7.00. The van der Waals surface area contributed by atoms with Gasteiger partial charge in [-0.25, -0.2) is 0 Å². The molecule has 6 nitrogen and oxygen atoms in total. The van der Waals surface area contributed by atoms with Gasteiger partial charge in [0.1, 0.15) is 0 Å². The second-order valence-electron chi connectivity index (χ2n) is 9.99. The van der Waals surface area contributed by atoms with Crippen LogP contribution in [0.25, 0.3) is 11.6 Å². The van der Waals surface area contributed by atoms with E-state index in [1.165, 1.54) is 11.1 Å². The third kappa shape index (κ3) is 5.11. The number of carbonyl (C=O) groups is 1. The van der Waals surface area contributed by atoms with Gasteiger partial charge in [-0.05, 0) is 84.8 Å². The number of hydrogen-bond acceptors (Lipinski definition) is 4. The van der Waals surface area contributed by atoms with E-state index >= 15 is 0 Å². The Labute approximate surface area is 215 Å². The minimum atomic E-state index is -1.07. The molecule has 188 valence electrons. The molecule has 3 unspecified atom stereocenters. The Morgan fingerprint density at radius 3 is 2.53 bits per heavy atom. The highest BCUT2D eigenvalue weighted by atomic mass is 32.2. The van der Waals surface area contributed by atoms with Crippen molar-refractivity contribution < 1.29 is 9.35 Å². The Morgan fingerprint density at radius 1 is 1.08 bits per heavy atom. The molecule has 7 heteroatoms. The molecule has 0 radical (unpaired) electrons. The number of anilines is 1. The summed E-state index contributed by atoms with van der Waals surface area (Å²) in [7, 11) is -1.07. The van der Waals surface area contributed by atoms with Gasteiger partial charge in [0.05, 0.1) is 5.57 Å². The van der Waals surface area contributed by atoms with Crippen LogP contribution in [-0.2, 0) is 11.3 Å². The summed E-state index contributed by atoms with van der Waals surface area (Å²) < 4.78 is 10.9. The molecule has 0 aliphatic carbocycles. The minimum absolute atomic E-state index is 0.120. The Kier molecular flexibility index (Phi) is 6.99. The van der Waals surface area contributed by atoms with Crippen molar-refractivity contribution in [2.24, 2.45) is 0 Å². The van der Waals surface area contributed by atoms with E-state index in [-0.39, 0.29) is 5.91 Å². The number of rotatable bonds is 5.